The van der Waals surface area contributed by atoms with Crippen LogP contribution in [0.1, 0.15) is 22.7 Å². The second kappa shape index (κ2) is 5.39. The van der Waals surface area contributed by atoms with Gasteiger partial charge in [-0.05, 0) is 6.92 Å². The van der Waals surface area contributed by atoms with Gasteiger partial charge in [-0.1, -0.05) is 0 Å². The number of fused-ring (bicyclic) bond motifs is 1. The van der Waals surface area contributed by atoms with Gasteiger partial charge in [0.25, 0.3) is 0 Å². The number of carbonyl (C=O) groups excluding carboxylic acids is 1. The Morgan fingerprint density at radius 2 is 2.11 bits per heavy atom. The van der Waals surface area contributed by atoms with Crippen LogP contribution in [0.5, 0.6) is 0 Å². The number of aliphatic hydroxyl groups is 3. The lowest BCUT2D eigenvalue weighted by atomic mass is 10.1. The molecule has 19 heavy (non-hydrogen) atoms. The zero-order chi connectivity index (χ0) is 14.0. The summed E-state index contributed by atoms with van der Waals surface area (Å²) in [5.41, 5.74) is 1.59. The first kappa shape index (κ1) is 13.5. The number of nitrogens with one attached hydrogen (secondary N) is 1. The Hall–Kier alpha value is -1.90. The van der Waals surface area contributed by atoms with Crippen LogP contribution in [0.3, 0.4) is 0 Å². The van der Waals surface area contributed by atoms with Crippen molar-refractivity contribution >= 4 is 16.9 Å². The normalized spacial score (nSPS) is 14.5. The molecule has 102 valence electrons. The molecule has 4 N–H and O–H groups in total. The van der Waals surface area contributed by atoms with Crippen molar-refractivity contribution in [3.63, 3.8) is 0 Å². The minimum atomic E-state index is -1.36. The Labute approximate surface area is 108 Å². The number of rotatable bonds is 5. The van der Waals surface area contributed by atoms with Crippen molar-refractivity contribution in [1.82, 2.24) is 19.9 Å². The molecular weight excluding hydrogens is 252 g/mol. The number of carbonyl (C=O) groups is 1. The van der Waals surface area contributed by atoms with E-state index in [0.717, 1.165) is 0 Å². The summed E-state index contributed by atoms with van der Waals surface area (Å²) < 4.78 is 0. The molecule has 2 unspecified atom stereocenters. The first-order valence-corrected chi connectivity index (χ1v) is 5.71. The quantitative estimate of drug-likeness (QED) is 0.507. The number of imidazole rings is 1. The molecule has 0 aliphatic carbocycles. The maximum atomic E-state index is 11.9. The minimum Gasteiger partial charge on any atom is -0.394 e. The average Bonchev–Trinajstić information content (AvgIpc) is 2.86. The van der Waals surface area contributed by atoms with Crippen molar-refractivity contribution in [1.29, 1.82) is 0 Å². The van der Waals surface area contributed by atoms with Gasteiger partial charge in [0, 0.05) is 6.42 Å². The zero-order valence-electron chi connectivity index (χ0n) is 10.2. The van der Waals surface area contributed by atoms with Crippen LogP contribution < -0.4 is 0 Å². The Balaban J connectivity index is 2.21. The summed E-state index contributed by atoms with van der Waals surface area (Å²) in [7, 11) is 0. The molecule has 2 heterocycles. The summed E-state index contributed by atoms with van der Waals surface area (Å²) in [6, 6.07) is 0. The third-order valence-electron chi connectivity index (χ3n) is 2.74. The molecule has 2 rings (SSSR count). The van der Waals surface area contributed by atoms with E-state index in [1.165, 1.54) is 6.33 Å². The molecule has 2 aromatic rings. The highest BCUT2D eigenvalue weighted by atomic mass is 16.4. The van der Waals surface area contributed by atoms with Gasteiger partial charge in [-0.2, -0.15) is 0 Å². The monoisotopic (exact) mass is 266 g/mol. The Kier molecular flexibility index (Phi) is 3.84. The number of aliphatic hydroxyl groups excluding tert-OH is 3. The summed E-state index contributed by atoms with van der Waals surface area (Å²) >= 11 is 0. The van der Waals surface area contributed by atoms with Gasteiger partial charge in [-0.3, -0.25) is 4.79 Å². The first-order chi connectivity index (χ1) is 9.02. The molecule has 0 bridgehead atoms. The highest BCUT2D eigenvalue weighted by Crippen LogP contribution is 2.12. The van der Waals surface area contributed by atoms with E-state index >= 15 is 0 Å². The highest BCUT2D eigenvalue weighted by molar-refractivity contribution is 5.94. The Bertz CT molecular complexity index is 597. The summed E-state index contributed by atoms with van der Waals surface area (Å²) in [6.07, 6.45) is -1.63. The van der Waals surface area contributed by atoms with Gasteiger partial charge < -0.3 is 20.3 Å². The summed E-state index contributed by atoms with van der Waals surface area (Å²) in [4.78, 5) is 26.7. The summed E-state index contributed by atoms with van der Waals surface area (Å²) in [5.74, 6) is -0.589. The second-order valence-corrected chi connectivity index (χ2v) is 4.18. The van der Waals surface area contributed by atoms with Gasteiger partial charge in [0.1, 0.15) is 11.6 Å². The standard InChI is InChI=1S/C11H14N4O4/c1-5-9-11(13-4-12-9)15-10(14-5)7(18)2-6(17)8(19)3-16/h4,6,8,16-17,19H,2-3H2,1H3,(H,12,13,14,15). The number of hydrogen-bond acceptors (Lipinski definition) is 7. The van der Waals surface area contributed by atoms with Gasteiger partial charge in [0.2, 0.25) is 5.78 Å². The van der Waals surface area contributed by atoms with Crippen LogP contribution in [0, 0.1) is 6.92 Å². The van der Waals surface area contributed by atoms with E-state index in [2.05, 4.69) is 19.9 Å². The number of aromatic amines is 1. The fraction of sp³-hybridized carbons (Fsp3) is 0.455. The van der Waals surface area contributed by atoms with Gasteiger partial charge in [-0.15, -0.1) is 0 Å². The lowest BCUT2D eigenvalue weighted by molar-refractivity contribution is -0.0148. The van der Waals surface area contributed by atoms with Crippen LogP contribution >= 0.6 is 0 Å². The molecule has 8 nitrogen and oxygen atoms in total. The molecule has 0 saturated carbocycles. The maximum absolute atomic E-state index is 11.9. The smallest absolute Gasteiger partial charge is 0.202 e. The van der Waals surface area contributed by atoms with Crippen LogP contribution in [-0.4, -0.2) is 59.9 Å². The number of aromatic nitrogens is 4. The van der Waals surface area contributed by atoms with Gasteiger partial charge in [0.05, 0.1) is 24.7 Å². The van der Waals surface area contributed by atoms with E-state index in [9.17, 15) is 15.0 Å². The largest absolute Gasteiger partial charge is 0.394 e. The number of nitrogens with zero attached hydrogens (tertiary/aromatic N) is 3. The van der Waals surface area contributed by atoms with Gasteiger partial charge >= 0.3 is 0 Å². The molecule has 0 aliphatic rings. The molecule has 0 spiro atoms. The number of H-pyrrole nitrogens is 1. The second-order valence-electron chi connectivity index (χ2n) is 4.18. The SMILES string of the molecule is Cc1nc(C(=O)CC(O)C(O)CO)nc2nc[nH]c12. The Morgan fingerprint density at radius 1 is 1.37 bits per heavy atom. The molecule has 0 saturated heterocycles. The molecule has 0 fully saturated rings. The van der Waals surface area contributed by atoms with Crippen LogP contribution in [0.2, 0.25) is 0 Å². The zero-order valence-corrected chi connectivity index (χ0v) is 10.2. The fourth-order valence-corrected chi connectivity index (χ4v) is 1.64. The number of Topliss-reactive ketones (excluding diaryl/α,β-unsaturated/α-hetero) is 1. The summed E-state index contributed by atoms with van der Waals surface area (Å²) in [5, 5.41) is 27.4. The molecule has 0 amide bonds. The van der Waals surface area contributed by atoms with E-state index in [0.29, 0.717) is 16.9 Å². The van der Waals surface area contributed by atoms with Crippen molar-refractivity contribution in [2.75, 3.05) is 6.61 Å². The molecule has 0 aliphatic heterocycles. The third-order valence-corrected chi connectivity index (χ3v) is 2.74. The lowest BCUT2D eigenvalue weighted by Gasteiger charge is -2.13. The van der Waals surface area contributed by atoms with Crippen molar-refractivity contribution in [2.24, 2.45) is 0 Å². The van der Waals surface area contributed by atoms with Gasteiger partial charge in [-0.25, -0.2) is 15.0 Å². The lowest BCUT2D eigenvalue weighted by Crippen LogP contribution is -2.31. The van der Waals surface area contributed by atoms with Crippen LogP contribution in [-0.2, 0) is 0 Å². The van der Waals surface area contributed by atoms with E-state index in [1.54, 1.807) is 6.92 Å². The van der Waals surface area contributed by atoms with Crippen LogP contribution in [0.4, 0.5) is 0 Å². The third kappa shape index (κ3) is 2.75. The fourth-order valence-electron chi connectivity index (χ4n) is 1.64. The predicted octanol–water partition coefficient (Wildman–Crippen LogP) is -1.05. The predicted molar refractivity (Wildman–Crippen MR) is 64.5 cm³/mol. The van der Waals surface area contributed by atoms with Crippen molar-refractivity contribution in [3.8, 4) is 0 Å². The molecular formula is C11H14N4O4. The van der Waals surface area contributed by atoms with Crippen molar-refractivity contribution in [3.05, 3.63) is 17.8 Å². The molecule has 8 heteroatoms. The Morgan fingerprint density at radius 3 is 2.79 bits per heavy atom. The van der Waals surface area contributed by atoms with Crippen molar-refractivity contribution in [2.45, 2.75) is 25.6 Å². The van der Waals surface area contributed by atoms with Crippen LogP contribution in [0.25, 0.3) is 11.2 Å². The number of hydrogen-bond donors (Lipinski definition) is 4. The highest BCUT2D eigenvalue weighted by Gasteiger charge is 2.22. The van der Waals surface area contributed by atoms with E-state index < -0.39 is 24.6 Å². The topological polar surface area (TPSA) is 132 Å². The minimum absolute atomic E-state index is 0.0683. The molecule has 2 aromatic heterocycles. The number of ketones is 1. The molecule has 2 atom stereocenters. The average molecular weight is 266 g/mol. The maximum Gasteiger partial charge on any atom is 0.202 e. The van der Waals surface area contributed by atoms with Crippen LogP contribution in [0.15, 0.2) is 6.33 Å². The first-order valence-electron chi connectivity index (χ1n) is 5.71. The summed E-state index contributed by atoms with van der Waals surface area (Å²) in [6.45, 7) is 1.09. The van der Waals surface area contributed by atoms with Crippen molar-refractivity contribution < 1.29 is 20.1 Å². The number of aryl methyl sites for hydroxylation is 1. The van der Waals surface area contributed by atoms with E-state index in [1.807, 2.05) is 0 Å². The van der Waals surface area contributed by atoms with E-state index in [4.69, 9.17) is 5.11 Å². The molecule has 0 aromatic carbocycles. The van der Waals surface area contributed by atoms with E-state index in [-0.39, 0.29) is 12.2 Å². The molecule has 0 radical (unpaired) electrons. The van der Waals surface area contributed by atoms with Gasteiger partial charge in [0.15, 0.2) is 11.5 Å².